The Morgan fingerprint density at radius 1 is 1.56 bits per heavy atom. The highest BCUT2D eigenvalue weighted by Crippen LogP contribution is 2.24. The van der Waals surface area contributed by atoms with Crippen LogP contribution in [0.4, 0.5) is 4.39 Å². The van der Waals surface area contributed by atoms with Gasteiger partial charge in [-0.25, -0.2) is 4.39 Å². The fourth-order valence-corrected chi connectivity index (χ4v) is 1.95. The van der Waals surface area contributed by atoms with Crippen molar-refractivity contribution >= 4 is 11.8 Å². The van der Waals surface area contributed by atoms with Crippen molar-refractivity contribution in [2.75, 3.05) is 19.1 Å². The Balaban J connectivity index is 2.83. The Kier molecular flexibility index (Phi) is 5.59. The zero-order valence-electron chi connectivity index (χ0n) is 9.50. The lowest BCUT2D eigenvalue weighted by Gasteiger charge is -2.16. The monoisotopic (exact) mass is 244 g/mol. The molecule has 0 aliphatic rings. The number of ether oxygens (including phenoxy) is 1. The molecule has 0 aromatic heterocycles. The molecule has 3 N–H and O–H groups in total. The van der Waals surface area contributed by atoms with Gasteiger partial charge in [0.1, 0.15) is 11.6 Å². The Hall–Kier alpha value is -0.780. The highest BCUT2D eigenvalue weighted by atomic mass is 32.2. The van der Waals surface area contributed by atoms with Crippen LogP contribution in [0.3, 0.4) is 0 Å². The van der Waals surface area contributed by atoms with Crippen molar-refractivity contribution in [3.8, 4) is 5.75 Å². The molecule has 3 nitrogen and oxygen atoms in total. The second-order valence-electron chi connectivity index (χ2n) is 3.39. The number of nitrogens with two attached hydrogens (primary N) is 1. The van der Waals surface area contributed by atoms with Crippen molar-refractivity contribution in [3.05, 3.63) is 29.6 Å². The van der Waals surface area contributed by atoms with Gasteiger partial charge >= 0.3 is 0 Å². The molecule has 0 saturated carbocycles. The van der Waals surface area contributed by atoms with Gasteiger partial charge in [0, 0.05) is 17.7 Å². The molecule has 0 fully saturated rings. The Morgan fingerprint density at radius 2 is 2.31 bits per heavy atom. The van der Waals surface area contributed by atoms with Crippen LogP contribution in [0.25, 0.3) is 0 Å². The van der Waals surface area contributed by atoms with Gasteiger partial charge in [0.25, 0.3) is 0 Å². The topological polar surface area (TPSA) is 47.3 Å². The van der Waals surface area contributed by atoms with Crippen LogP contribution < -0.4 is 16.0 Å². The predicted molar refractivity (Wildman–Crippen MR) is 66.0 cm³/mol. The molecule has 0 heterocycles. The van der Waals surface area contributed by atoms with E-state index >= 15 is 0 Å². The van der Waals surface area contributed by atoms with Crippen LogP contribution in [0.5, 0.6) is 5.75 Å². The fourth-order valence-electron chi connectivity index (χ4n) is 1.48. The van der Waals surface area contributed by atoms with Gasteiger partial charge in [-0.05, 0) is 24.5 Å². The summed E-state index contributed by atoms with van der Waals surface area (Å²) >= 11 is 1.71. The average Bonchev–Trinajstić information content (AvgIpc) is 2.31. The maximum atomic E-state index is 13.7. The molecule has 1 unspecified atom stereocenters. The normalized spacial score (nSPS) is 12.5. The highest BCUT2D eigenvalue weighted by Gasteiger charge is 2.14. The van der Waals surface area contributed by atoms with Gasteiger partial charge in [0.2, 0.25) is 0 Å². The molecular formula is C11H17FN2OS. The number of hydrogen-bond donors (Lipinski definition) is 2. The largest absolute Gasteiger partial charge is 0.497 e. The Labute approximate surface area is 99.5 Å². The first-order valence-corrected chi connectivity index (χ1v) is 6.40. The number of halogens is 1. The summed E-state index contributed by atoms with van der Waals surface area (Å²) in [6, 6.07) is 4.66. The van der Waals surface area contributed by atoms with Crippen LogP contribution >= 0.6 is 11.8 Å². The third-order valence-corrected chi connectivity index (χ3v) is 3.04. The maximum absolute atomic E-state index is 13.7. The lowest BCUT2D eigenvalue weighted by molar-refractivity contribution is 0.409. The van der Waals surface area contributed by atoms with Crippen LogP contribution in [0.15, 0.2) is 18.2 Å². The first-order chi connectivity index (χ1) is 7.72. The van der Waals surface area contributed by atoms with Gasteiger partial charge < -0.3 is 4.74 Å². The van der Waals surface area contributed by atoms with E-state index in [1.165, 1.54) is 13.2 Å². The van der Waals surface area contributed by atoms with E-state index in [0.29, 0.717) is 11.3 Å². The fraction of sp³-hybridized carbons (Fsp3) is 0.455. The highest BCUT2D eigenvalue weighted by molar-refractivity contribution is 7.98. The van der Waals surface area contributed by atoms with E-state index in [1.807, 2.05) is 6.26 Å². The first-order valence-electron chi connectivity index (χ1n) is 5.01. The Bertz CT molecular complexity index is 336. The minimum Gasteiger partial charge on any atom is -0.497 e. The summed E-state index contributed by atoms with van der Waals surface area (Å²) in [6.07, 6.45) is 2.80. The summed E-state index contributed by atoms with van der Waals surface area (Å²) in [5, 5.41) is 0. The molecule has 0 saturated heterocycles. The number of thioether (sulfide) groups is 1. The van der Waals surface area contributed by atoms with Gasteiger partial charge in [-0.3, -0.25) is 11.3 Å². The summed E-state index contributed by atoms with van der Waals surface area (Å²) < 4.78 is 18.7. The van der Waals surface area contributed by atoms with E-state index in [2.05, 4.69) is 5.43 Å². The van der Waals surface area contributed by atoms with E-state index < -0.39 is 0 Å². The molecule has 0 aliphatic carbocycles. The molecule has 1 rings (SSSR count). The molecule has 16 heavy (non-hydrogen) atoms. The number of benzene rings is 1. The summed E-state index contributed by atoms with van der Waals surface area (Å²) in [4.78, 5) is 0. The van der Waals surface area contributed by atoms with E-state index in [0.717, 1.165) is 12.2 Å². The second kappa shape index (κ2) is 6.73. The number of hydrogen-bond acceptors (Lipinski definition) is 4. The zero-order valence-corrected chi connectivity index (χ0v) is 10.3. The standard InChI is InChI=1S/C11H17FN2OS/c1-15-8-3-4-9(10(12)7-8)11(14-13)5-6-16-2/h3-4,7,11,14H,5-6,13H2,1-2H3. The van der Waals surface area contributed by atoms with Crippen molar-refractivity contribution in [2.24, 2.45) is 5.84 Å². The van der Waals surface area contributed by atoms with Crippen molar-refractivity contribution in [1.29, 1.82) is 0 Å². The van der Waals surface area contributed by atoms with Crippen LogP contribution in [0, 0.1) is 5.82 Å². The smallest absolute Gasteiger partial charge is 0.131 e. The van der Waals surface area contributed by atoms with Gasteiger partial charge in [-0.15, -0.1) is 0 Å². The van der Waals surface area contributed by atoms with Gasteiger partial charge in [0.15, 0.2) is 0 Å². The van der Waals surface area contributed by atoms with Crippen LogP contribution in [0.2, 0.25) is 0 Å². The van der Waals surface area contributed by atoms with Crippen LogP contribution in [-0.2, 0) is 0 Å². The molecule has 0 aliphatic heterocycles. The van der Waals surface area contributed by atoms with Crippen LogP contribution in [-0.4, -0.2) is 19.1 Å². The zero-order chi connectivity index (χ0) is 12.0. The third-order valence-electron chi connectivity index (χ3n) is 2.39. The van der Waals surface area contributed by atoms with Gasteiger partial charge in [0.05, 0.1) is 7.11 Å². The minimum atomic E-state index is -0.289. The van der Waals surface area contributed by atoms with Crippen molar-refractivity contribution in [2.45, 2.75) is 12.5 Å². The summed E-state index contributed by atoms with van der Waals surface area (Å²) in [5.41, 5.74) is 3.22. The summed E-state index contributed by atoms with van der Waals surface area (Å²) in [5.74, 6) is 6.59. The van der Waals surface area contributed by atoms with Gasteiger partial charge in [-0.2, -0.15) is 11.8 Å². The quantitative estimate of drug-likeness (QED) is 0.594. The first kappa shape index (κ1) is 13.3. The molecule has 0 bridgehead atoms. The van der Waals surface area contributed by atoms with Crippen LogP contribution in [0.1, 0.15) is 18.0 Å². The lowest BCUT2D eigenvalue weighted by atomic mass is 10.0. The maximum Gasteiger partial charge on any atom is 0.131 e. The van der Waals surface area contributed by atoms with E-state index in [9.17, 15) is 4.39 Å². The molecule has 1 atom stereocenters. The second-order valence-corrected chi connectivity index (χ2v) is 4.37. The predicted octanol–water partition coefficient (Wildman–Crippen LogP) is 2.09. The third kappa shape index (κ3) is 3.37. The van der Waals surface area contributed by atoms with E-state index in [4.69, 9.17) is 10.6 Å². The summed E-state index contributed by atoms with van der Waals surface area (Å²) in [7, 11) is 1.51. The van der Waals surface area contributed by atoms with Crippen molar-refractivity contribution in [3.63, 3.8) is 0 Å². The molecule has 0 amide bonds. The Morgan fingerprint density at radius 3 is 2.81 bits per heavy atom. The van der Waals surface area contributed by atoms with E-state index in [-0.39, 0.29) is 11.9 Å². The molecule has 90 valence electrons. The number of methoxy groups -OCH3 is 1. The molecule has 0 spiro atoms. The van der Waals surface area contributed by atoms with E-state index in [1.54, 1.807) is 23.9 Å². The number of hydrazine groups is 1. The van der Waals surface area contributed by atoms with Gasteiger partial charge in [-0.1, -0.05) is 6.07 Å². The number of nitrogens with one attached hydrogen (secondary N) is 1. The minimum absolute atomic E-state index is 0.154. The molecular weight excluding hydrogens is 227 g/mol. The van der Waals surface area contributed by atoms with Crippen molar-refractivity contribution < 1.29 is 9.13 Å². The number of rotatable bonds is 6. The molecule has 1 aromatic rings. The SMILES string of the molecule is COc1ccc(C(CCSC)NN)c(F)c1. The van der Waals surface area contributed by atoms with Crippen molar-refractivity contribution in [1.82, 2.24) is 5.43 Å². The molecule has 0 radical (unpaired) electrons. The lowest BCUT2D eigenvalue weighted by Crippen LogP contribution is -2.29. The molecule has 1 aromatic carbocycles. The molecule has 5 heteroatoms. The average molecular weight is 244 g/mol. The summed E-state index contributed by atoms with van der Waals surface area (Å²) in [6.45, 7) is 0.